The zero-order chi connectivity index (χ0) is 23.1. The van der Waals surface area contributed by atoms with Crippen molar-refractivity contribution >= 4 is 11.8 Å². The van der Waals surface area contributed by atoms with Gasteiger partial charge in [0.1, 0.15) is 0 Å². The molecule has 0 aliphatic carbocycles. The molecule has 2 aromatic rings. The average molecular weight is 441 g/mol. The summed E-state index contributed by atoms with van der Waals surface area (Å²) in [4.78, 5) is 27.5. The lowest BCUT2D eigenvalue weighted by atomic mass is 9.84. The van der Waals surface area contributed by atoms with Gasteiger partial charge in [-0.2, -0.15) is 5.10 Å². The van der Waals surface area contributed by atoms with Crippen LogP contribution in [0.15, 0.2) is 36.5 Å². The van der Waals surface area contributed by atoms with Gasteiger partial charge >= 0.3 is 0 Å². The van der Waals surface area contributed by atoms with Crippen LogP contribution in [-0.4, -0.2) is 58.8 Å². The molecule has 7 heteroatoms. The first-order valence-corrected chi connectivity index (χ1v) is 11.7. The van der Waals surface area contributed by atoms with Crippen LogP contribution in [0.1, 0.15) is 56.1 Å². The molecule has 3 rings (SSSR count). The van der Waals surface area contributed by atoms with Crippen molar-refractivity contribution in [3.63, 3.8) is 0 Å². The molecular weight excluding hydrogens is 404 g/mol. The number of amides is 2. The highest BCUT2D eigenvalue weighted by molar-refractivity contribution is 5.95. The fourth-order valence-electron chi connectivity index (χ4n) is 4.13. The van der Waals surface area contributed by atoms with Crippen molar-refractivity contribution < 1.29 is 14.3 Å². The summed E-state index contributed by atoms with van der Waals surface area (Å²) < 4.78 is 7.27. The van der Waals surface area contributed by atoms with Crippen LogP contribution in [0.3, 0.4) is 0 Å². The lowest BCUT2D eigenvalue weighted by molar-refractivity contribution is -0.126. The highest BCUT2D eigenvalue weighted by Gasteiger charge is 2.31. The smallest absolute Gasteiger partial charge is 0.257 e. The van der Waals surface area contributed by atoms with Crippen LogP contribution in [0.4, 0.5) is 0 Å². The van der Waals surface area contributed by atoms with E-state index in [0.29, 0.717) is 37.7 Å². The summed E-state index contributed by atoms with van der Waals surface area (Å²) in [6.07, 6.45) is 4.53. The summed E-state index contributed by atoms with van der Waals surface area (Å²) in [5.74, 6) is 0.352. The third kappa shape index (κ3) is 6.19. The quantitative estimate of drug-likeness (QED) is 0.605. The third-order valence-electron chi connectivity index (χ3n) is 6.17. The molecule has 2 amide bonds. The summed E-state index contributed by atoms with van der Waals surface area (Å²) in [5, 5.41) is 7.55. The molecule has 1 aromatic carbocycles. The maximum Gasteiger partial charge on any atom is 0.257 e. The monoisotopic (exact) mass is 440 g/mol. The van der Waals surface area contributed by atoms with Gasteiger partial charge < -0.3 is 15.0 Å². The largest absolute Gasteiger partial charge is 0.379 e. The van der Waals surface area contributed by atoms with Gasteiger partial charge in [0, 0.05) is 38.4 Å². The molecule has 1 N–H and O–H groups in total. The second-order valence-electron chi connectivity index (χ2n) is 8.89. The Balaban J connectivity index is 1.48. The maximum atomic E-state index is 13.1. The van der Waals surface area contributed by atoms with Crippen LogP contribution >= 0.6 is 0 Å². The topological polar surface area (TPSA) is 76.5 Å². The van der Waals surface area contributed by atoms with E-state index in [1.54, 1.807) is 4.68 Å². The summed E-state index contributed by atoms with van der Waals surface area (Å²) in [5.41, 5.74) is 2.31. The Bertz CT molecular complexity index is 886. The first-order valence-electron chi connectivity index (χ1n) is 11.7. The van der Waals surface area contributed by atoms with Gasteiger partial charge in [0.15, 0.2) is 0 Å². The van der Waals surface area contributed by atoms with Crippen molar-refractivity contribution in [1.29, 1.82) is 0 Å². The molecule has 0 saturated carbocycles. The number of hydrogen-bond donors (Lipinski definition) is 1. The lowest BCUT2D eigenvalue weighted by Crippen LogP contribution is -2.43. The molecule has 1 aromatic heterocycles. The molecule has 1 atom stereocenters. The van der Waals surface area contributed by atoms with Gasteiger partial charge in [-0.1, -0.05) is 25.1 Å². The van der Waals surface area contributed by atoms with E-state index < -0.39 is 0 Å². The second kappa shape index (κ2) is 11.3. The number of carbonyl (C=O) groups excluding carboxylic acids is 2. The van der Waals surface area contributed by atoms with Gasteiger partial charge in [0.05, 0.1) is 23.0 Å². The van der Waals surface area contributed by atoms with Crippen molar-refractivity contribution in [3.05, 3.63) is 47.8 Å². The van der Waals surface area contributed by atoms with E-state index in [-0.39, 0.29) is 23.8 Å². The minimum absolute atomic E-state index is 0.0189. The van der Waals surface area contributed by atoms with Gasteiger partial charge in [0.25, 0.3) is 5.91 Å². The number of rotatable bonds is 9. The lowest BCUT2D eigenvalue weighted by Gasteiger charge is -2.34. The standard InChI is InChI=1S/C25H36N4O3/c1-18(2)32-16-8-13-26-24(30)19(3)21-11-14-28(15-12-21)25(31)23-17-29(27-20(23)4)22-9-6-5-7-10-22/h5-7,9-10,17-19,21H,8,11-16H2,1-4H3,(H,26,30)/t19-/m0/s1. The third-order valence-corrected chi connectivity index (χ3v) is 6.17. The highest BCUT2D eigenvalue weighted by Crippen LogP contribution is 2.26. The summed E-state index contributed by atoms with van der Waals surface area (Å²) in [6, 6.07) is 9.80. The number of ether oxygens (including phenoxy) is 1. The Hall–Kier alpha value is -2.67. The number of carbonyl (C=O) groups is 2. The summed E-state index contributed by atoms with van der Waals surface area (Å²) >= 11 is 0. The predicted molar refractivity (Wildman–Crippen MR) is 125 cm³/mol. The van der Waals surface area contributed by atoms with Crippen LogP contribution in [0.25, 0.3) is 5.69 Å². The number of hydrogen-bond acceptors (Lipinski definition) is 4. The Morgan fingerprint density at radius 3 is 2.50 bits per heavy atom. The number of nitrogens with one attached hydrogen (secondary N) is 1. The van der Waals surface area contributed by atoms with Gasteiger partial charge in [-0.25, -0.2) is 4.68 Å². The number of likely N-dealkylation sites (tertiary alicyclic amines) is 1. The fourth-order valence-corrected chi connectivity index (χ4v) is 4.13. The van der Waals surface area contributed by atoms with E-state index in [2.05, 4.69) is 10.4 Å². The number of aromatic nitrogens is 2. The highest BCUT2D eigenvalue weighted by atomic mass is 16.5. The van der Waals surface area contributed by atoms with Crippen molar-refractivity contribution in [2.24, 2.45) is 11.8 Å². The summed E-state index contributed by atoms with van der Waals surface area (Å²) in [7, 11) is 0. The Kier molecular flexibility index (Phi) is 8.45. The van der Waals surface area contributed by atoms with E-state index in [0.717, 1.165) is 30.6 Å². The van der Waals surface area contributed by atoms with Crippen LogP contribution < -0.4 is 5.32 Å². The second-order valence-corrected chi connectivity index (χ2v) is 8.89. The van der Waals surface area contributed by atoms with Crippen LogP contribution in [0.5, 0.6) is 0 Å². The fraction of sp³-hybridized carbons (Fsp3) is 0.560. The molecule has 174 valence electrons. The van der Waals surface area contributed by atoms with E-state index in [1.165, 1.54) is 0 Å². The zero-order valence-electron chi connectivity index (χ0n) is 19.7. The molecule has 1 aliphatic heterocycles. The van der Waals surface area contributed by atoms with Crippen LogP contribution in [0, 0.1) is 18.8 Å². The van der Waals surface area contributed by atoms with Crippen LogP contribution in [-0.2, 0) is 9.53 Å². The molecule has 2 heterocycles. The normalized spacial score (nSPS) is 15.7. The molecule has 0 spiro atoms. The van der Waals surface area contributed by atoms with E-state index in [9.17, 15) is 9.59 Å². The van der Waals surface area contributed by atoms with Crippen molar-refractivity contribution in [2.75, 3.05) is 26.2 Å². The van der Waals surface area contributed by atoms with E-state index >= 15 is 0 Å². The molecule has 1 aliphatic rings. The van der Waals surface area contributed by atoms with Gasteiger partial charge in [-0.3, -0.25) is 9.59 Å². The van der Waals surface area contributed by atoms with Crippen molar-refractivity contribution in [1.82, 2.24) is 20.0 Å². The first kappa shape index (κ1) is 24.0. The van der Waals surface area contributed by atoms with Gasteiger partial charge in [0.2, 0.25) is 5.91 Å². The Labute approximate surface area is 191 Å². The summed E-state index contributed by atoms with van der Waals surface area (Å²) in [6.45, 7) is 10.5. The van der Waals surface area contributed by atoms with Crippen molar-refractivity contribution in [2.45, 2.75) is 53.1 Å². The van der Waals surface area contributed by atoms with Crippen LogP contribution in [0.2, 0.25) is 0 Å². The number of nitrogens with zero attached hydrogens (tertiary/aromatic N) is 3. The molecule has 1 saturated heterocycles. The molecule has 0 bridgehead atoms. The SMILES string of the molecule is Cc1nn(-c2ccccc2)cc1C(=O)N1CCC([C@H](C)C(=O)NCCCOC(C)C)CC1. The minimum atomic E-state index is -0.0548. The molecule has 0 unspecified atom stereocenters. The Morgan fingerprint density at radius 2 is 1.84 bits per heavy atom. The van der Waals surface area contributed by atoms with Gasteiger partial charge in [-0.15, -0.1) is 0 Å². The molecule has 1 fully saturated rings. The number of piperidine rings is 1. The Morgan fingerprint density at radius 1 is 1.16 bits per heavy atom. The average Bonchev–Trinajstić information content (AvgIpc) is 3.19. The van der Waals surface area contributed by atoms with Crippen molar-refractivity contribution in [3.8, 4) is 5.69 Å². The molecule has 0 radical (unpaired) electrons. The van der Waals surface area contributed by atoms with Gasteiger partial charge in [-0.05, 0) is 58.1 Å². The molecule has 32 heavy (non-hydrogen) atoms. The molecular formula is C25H36N4O3. The number of aryl methyl sites for hydroxylation is 1. The minimum Gasteiger partial charge on any atom is -0.379 e. The predicted octanol–water partition coefficient (Wildman–Crippen LogP) is 3.60. The van der Waals surface area contributed by atoms with E-state index in [4.69, 9.17) is 4.74 Å². The first-order chi connectivity index (χ1) is 15.4. The molecule has 7 nitrogen and oxygen atoms in total. The zero-order valence-corrected chi connectivity index (χ0v) is 19.7. The van der Waals surface area contributed by atoms with E-state index in [1.807, 2.05) is 69.1 Å². The number of benzene rings is 1. The number of para-hydroxylation sites is 1. The maximum absolute atomic E-state index is 13.1.